The van der Waals surface area contributed by atoms with Crippen LogP contribution in [0.25, 0.3) is 10.2 Å². The van der Waals surface area contributed by atoms with Gasteiger partial charge in [-0.15, -0.1) is 0 Å². The Labute approximate surface area is 181 Å². The van der Waals surface area contributed by atoms with Crippen LogP contribution in [0.5, 0.6) is 0 Å². The van der Waals surface area contributed by atoms with Crippen molar-refractivity contribution in [2.75, 3.05) is 44.3 Å². The Hall–Kier alpha value is -2.50. The van der Waals surface area contributed by atoms with E-state index < -0.39 is 11.7 Å². The molecule has 0 bridgehead atoms. The Morgan fingerprint density at radius 2 is 2.03 bits per heavy atom. The number of thiazole rings is 1. The van der Waals surface area contributed by atoms with Gasteiger partial charge in [-0.1, -0.05) is 17.4 Å². The van der Waals surface area contributed by atoms with E-state index in [1.807, 2.05) is 6.92 Å². The lowest BCUT2D eigenvalue weighted by Crippen LogP contribution is -2.43. The van der Waals surface area contributed by atoms with Crippen molar-refractivity contribution < 1.29 is 22.7 Å². The van der Waals surface area contributed by atoms with Crippen molar-refractivity contribution in [1.29, 1.82) is 0 Å². The fraction of sp³-hybridized carbons (Fsp3) is 0.450. The Balaban J connectivity index is 1.70. The standard InChI is InChI=1S/C20H22F3N5O2S/c1-13-12-15(25-26(13)2)18(29)28(7-6-27-8-10-30-11-9-27)19-24-17-14(20(21,22)23)4-3-5-16(17)31-19/h3-5,12H,6-11H2,1-2H3. The molecule has 3 heterocycles. The number of amides is 1. The molecular weight excluding hydrogens is 431 g/mol. The number of aryl methyl sites for hydroxylation is 2. The number of halogens is 3. The van der Waals surface area contributed by atoms with Crippen molar-refractivity contribution in [1.82, 2.24) is 19.7 Å². The van der Waals surface area contributed by atoms with Crippen LogP contribution in [0.15, 0.2) is 24.3 Å². The van der Waals surface area contributed by atoms with Crippen molar-refractivity contribution in [2.24, 2.45) is 7.05 Å². The molecule has 0 radical (unpaired) electrons. The van der Waals surface area contributed by atoms with Crippen molar-refractivity contribution in [3.63, 3.8) is 0 Å². The summed E-state index contributed by atoms with van der Waals surface area (Å²) < 4.78 is 47.7. The van der Waals surface area contributed by atoms with Crippen LogP contribution < -0.4 is 4.90 Å². The molecule has 1 aliphatic rings. The minimum atomic E-state index is -4.52. The maximum absolute atomic E-state index is 13.4. The summed E-state index contributed by atoms with van der Waals surface area (Å²) in [6.07, 6.45) is -4.52. The fourth-order valence-corrected chi connectivity index (χ4v) is 4.45. The molecule has 1 aliphatic heterocycles. The minimum absolute atomic E-state index is 0.142. The van der Waals surface area contributed by atoms with E-state index in [-0.39, 0.29) is 28.8 Å². The molecule has 7 nitrogen and oxygen atoms in total. The smallest absolute Gasteiger partial charge is 0.379 e. The highest BCUT2D eigenvalue weighted by molar-refractivity contribution is 7.22. The lowest BCUT2D eigenvalue weighted by molar-refractivity contribution is -0.136. The average Bonchev–Trinajstić information content (AvgIpc) is 3.31. The van der Waals surface area contributed by atoms with Gasteiger partial charge in [0, 0.05) is 38.9 Å². The second-order valence-corrected chi connectivity index (χ2v) is 8.36. The predicted octanol–water partition coefficient (Wildman–Crippen LogP) is 3.34. The van der Waals surface area contributed by atoms with E-state index in [0.717, 1.165) is 36.2 Å². The third kappa shape index (κ3) is 4.58. The minimum Gasteiger partial charge on any atom is -0.379 e. The van der Waals surface area contributed by atoms with Gasteiger partial charge in [-0.3, -0.25) is 19.3 Å². The summed E-state index contributed by atoms with van der Waals surface area (Å²) in [6, 6.07) is 5.61. The summed E-state index contributed by atoms with van der Waals surface area (Å²) in [5.74, 6) is -0.385. The summed E-state index contributed by atoms with van der Waals surface area (Å²) >= 11 is 1.07. The van der Waals surface area contributed by atoms with E-state index >= 15 is 0 Å². The number of fused-ring (bicyclic) bond motifs is 1. The highest BCUT2D eigenvalue weighted by Gasteiger charge is 2.34. The topological polar surface area (TPSA) is 63.5 Å². The first-order valence-corrected chi connectivity index (χ1v) is 10.6. The summed E-state index contributed by atoms with van der Waals surface area (Å²) in [5, 5.41) is 4.48. The molecule has 1 saturated heterocycles. The van der Waals surface area contributed by atoms with Gasteiger partial charge in [-0.25, -0.2) is 4.98 Å². The van der Waals surface area contributed by atoms with Gasteiger partial charge in [0.15, 0.2) is 10.8 Å². The van der Waals surface area contributed by atoms with Gasteiger partial charge in [-0.05, 0) is 25.1 Å². The first-order chi connectivity index (χ1) is 14.7. The van der Waals surface area contributed by atoms with Gasteiger partial charge in [0.25, 0.3) is 5.91 Å². The molecule has 11 heteroatoms. The number of hydrogen-bond donors (Lipinski definition) is 0. The monoisotopic (exact) mass is 453 g/mol. The highest BCUT2D eigenvalue weighted by atomic mass is 32.1. The zero-order valence-electron chi connectivity index (χ0n) is 17.1. The van der Waals surface area contributed by atoms with Crippen LogP contribution in [-0.4, -0.2) is 65.0 Å². The van der Waals surface area contributed by atoms with Crippen molar-refractivity contribution >= 4 is 32.6 Å². The second-order valence-electron chi connectivity index (χ2n) is 7.35. The number of carbonyl (C=O) groups is 1. The molecule has 1 aromatic carbocycles. The zero-order chi connectivity index (χ0) is 22.2. The summed E-state index contributed by atoms with van der Waals surface area (Å²) in [5.41, 5.74) is 0.0931. The number of para-hydroxylation sites is 1. The molecule has 166 valence electrons. The molecule has 1 amide bonds. The molecule has 0 saturated carbocycles. The van der Waals surface area contributed by atoms with Crippen LogP contribution in [0.3, 0.4) is 0 Å². The molecule has 0 aliphatic carbocycles. The zero-order valence-corrected chi connectivity index (χ0v) is 18.0. The first kappa shape index (κ1) is 21.7. The fourth-order valence-electron chi connectivity index (χ4n) is 3.43. The van der Waals surface area contributed by atoms with Gasteiger partial charge in [0.1, 0.15) is 0 Å². The van der Waals surface area contributed by atoms with E-state index in [9.17, 15) is 18.0 Å². The molecule has 3 aromatic rings. The van der Waals surface area contributed by atoms with Crippen molar-refractivity contribution in [3.8, 4) is 0 Å². The van der Waals surface area contributed by atoms with Crippen molar-refractivity contribution in [3.05, 3.63) is 41.2 Å². The molecule has 0 unspecified atom stereocenters. The van der Waals surface area contributed by atoms with Crippen molar-refractivity contribution in [2.45, 2.75) is 13.1 Å². The van der Waals surface area contributed by atoms with Gasteiger partial charge in [-0.2, -0.15) is 18.3 Å². The Morgan fingerprint density at radius 1 is 1.29 bits per heavy atom. The van der Waals surface area contributed by atoms with E-state index in [1.165, 1.54) is 11.0 Å². The third-order valence-electron chi connectivity index (χ3n) is 5.27. The third-order valence-corrected chi connectivity index (χ3v) is 6.31. The molecule has 0 atom stereocenters. The molecule has 31 heavy (non-hydrogen) atoms. The normalized spacial score (nSPS) is 15.5. The van der Waals surface area contributed by atoms with E-state index in [4.69, 9.17) is 4.74 Å². The summed E-state index contributed by atoms with van der Waals surface area (Å²) in [6.45, 7) is 5.38. The van der Waals surface area contributed by atoms with Gasteiger partial charge in [0.05, 0.1) is 29.0 Å². The molecule has 2 aromatic heterocycles. The molecule has 4 rings (SSSR count). The highest BCUT2D eigenvalue weighted by Crippen LogP contribution is 2.38. The number of morpholine rings is 1. The van der Waals surface area contributed by atoms with E-state index in [2.05, 4.69) is 15.0 Å². The van der Waals surface area contributed by atoms with E-state index in [0.29, 0.717) is 24.5 Å². The van der Waals surface area contributed by atoms with Crippen LogP contribution >= 0.6 is 11.3 Å². The van der Waals surface area contributed by atoms with Gasteiger partial charge >= 0.3 is 6.18 Å². The number of nitrogens with zero attached hydrogens (tertiary/aromatic N) is 5. The van der Waals surface area contributed by atoms with Gasteiger partial charge < -0.3 is 4.74 Å². The number of benzene rings is 1. The maximum Gasteiger partial charge on any atom is 0.418 e. The van der Waals surface area contributed by atoms with E-state index in [1.54, 1.807) is 23.9 Å². The number of anilines is 1. The Bertz CT molecular complexity index is 1070. The number of aromatic nitrogens is 3. The lowest BCUT2D eigenvalue weighted by atomic mass is 10.2. The number of rotatable bonds is 5. The Kier molecular flexibility index (Phi) is 6.00. The van der Waals surface area contributed by atoms with Crippen LogP contribution in [0, 0.1) is 6.92 Å². The molecule has 1 fully saturated rings. The SMILES string of the molecule is Cc1cc(C(=O)N(CCN2CCOCC2)c2nc3c(C(F)(F)F)cccc3s2)nn1C. The average molecular weight is 453 g/mol. The lowest BCUT2D eigenvalue weighted by Gasteiger charge is -2.29. The molecular formula is C20H22F3N5O2S. The number of ether oxygens (including phenoxy) is 1. The van der Waals surface area contributed by atoms with Crippen LogP contribution in [0.4, 0.5) is 18.3 Å². The molecule has 0 N–H and O–H groups in total. The number of alkyl halides is 3. The number of carbonyl (C=O) groups excluding carboxylic acids is 1. The second kappa shape index (κ2) is 8.56. The quantitative estimate of drug-likeness (QED) is 0.593. The van der Waals surface area contributed by atoms with Crippen LogP contribution in [0.1, 0.15) is 21.7 Å². The predicted molar refractivity (Wildman–Crippen MR) is 112 cm³/mol. The first-order valence-electron chi connectivity index (χ1n) is 9.83. The number of hydrogen-bond acceptors (Lipinski definition) is 6. The van der Waals surface area contributed by atoms with Crippen LogP contribution in [-0.2, 0) is 18.0 Å². The largest absolute Gasteiger partial charge is 0.418 e. The molecule has 0 spiro atoms. The maximum atomic E-state index is 13.4. The van der Waals surface area contributed by atoms with Gasteiger partial charge in [0.2, 0.25) is 0 Å². The summed E-state index contributed by atoms with van der Waals surface area (Å²) in [4.78, 5) is 21.1. The van der Waals surface area contributed by atoms with Crippen LogP contribution in [0.2, 0.25) is 0 Å². The summed E-state index contributed by atoms with van der Waals surface area (Å²) in [7, 11) is 1.73. The Morgan fingerprint density at radius 3 is 2.68 bits per heavy atom.